The smallest absolute Gasteiger partial charge is 0.126 e. The van der Waals surface area contributed by atoms with Crippen LogP contribution >= 0.6 is 12.4 Å². The molecule has 2 atom stereocenters. The van der Waals surface area contributed by atoms with Crippen LogP contribution < -0.4 is 5.32 Å². The first-order valence-electron chi connectivity index (χ1n) is 7.01. The van der Waals surface area contributed by atoms with Crippen LogP contribution in [0.2, 0.25) is 0 Å². The van der Waals surface area contributed by atoms with Crippen LogP contribution in [0.25, 0.3) is 0 Å². The van der Waals surface area contributed by atoms with Crippen LogP contribution in [0.5, 0.6) is 0 Å². The fourth-order valence-corrected chi connectivity index (χ4v) is 3.51. The highest BCUT2D eigenvalue weighted by Gasteiger charge is 2.34. The van der Waals surface area contributed by atoms with Crippen molar-refractivity contribution in [1.29, 1.82) is 0 Å². The Morgan fingerprint density at radius 1 is 1.10 bits per heavy atom. The molecule has 0 saturated carbocycles. The summed E-state index contributed by atoms with van der Waals surface area (Å²) in [6, 6.07) is 5.56. The van der Waals surface area contributed by atoms with Gasteiger partial charge in [0.25, 0.3) is 0 Å². The van der Waals surface area contributed by atoms with Gasteiger partial charge < -0.3 is 5.32 Å². The molecule has 0 amide bonds. The van der Waals surface area contributed by atoms with Crippen LogP contribution in [0.15, 0.2) is 18.2 Å². The number of halogens is 3. The van der Waals surface area contributed by atoms with Crippen molar-refractivity contribution in [2.75, 3.05) is 7.05 Å². The lowest BCUT2D eigenvalue weighted by Gasteiger charge is -2.35. The third-order valence-electron chi connectivity index (χ3n) is 4.43. The predicted octanol–water partition coefficient (Wildman–Crippen LogP) is 3.10. The molecular weight excluding hydrogens is 282 g/mol. The molecule has 1 N–H and O–H groups in total. The van der Waals surface area contributed by atoms with E-state index in [1.165, 1.54) is 25.0 Å². The molecule has 1 aromatic carbocycles. The van der Waals surface area contributed by atoms with Gasteiger partial charge in [0, 0.05) is 30.7 Å². The van der Waals surface area contributed by atoms with E-state index in [1.807, 2.05) is 0 Å². The van der Waals surface area contributed by atoms with Gasteiger partial charge in [0.15, 0.2) is 0 Å². The average molecular weight is 303 g/mol. The Labute approximate surface area is 124 Å². The van der Waals surface area contributed by atoms with Crippen LogP contribution in [0.4, 0.5) is 8.78 Å². The fourth-order valence-electron chi connectivity index (χ4n) is 3.51. The summed E-state index contributed by atoms with van der Waals surface area (Å²) in [5.74, 6) is -0.984. The van der Waals surface area contributed by atoms with Gasteiger partial charge in [-0.1, -0.05) is 0 Å². The van der Waals surface area contributed by atoms with Gasteiger partial charge in [-0.3, -0.25) is 4.90 Å². The second-order valence-electron chi connectivity index (χ2n) is 5.96. The van der Waals surface area contributed by atoms with E-state index in [4.69, 9.17) is 0 Å². The predicted molar refractivity (Wildman–Crippen MR) is 78.0 cm³/mol. The van der Waals surface area contributed by atoms with Gasteiger partial charge in [-0.05, 0) is 50.4 Å². The lowest BCUT2D eigenvalue weighted by Crippen LogP contribution is -2.46. The summed E-state index contributed by atoms with van der Waals surface area (Å²) >= 11 is 0. The zero-order valence-corrected chi connectivity index (χ0v) is 12.4. The van der Waals surface area contributed by atoms with E-state index in [0.717, 1.165) is 18.9 Å². The molecule has 2 bridgehead atoms. The topological polar surface area (TPSA) is 15.3 Å². The van der Waals surface area contributed by atoms with Crippen molar-refractivity contribution in [2.24, 2.45) is 0 Å². The zero-order valence-electron chi connectivity index (χ0n) is 11.6. The van der Waals surface area contributed by atoms with Crippen LogP contribution in [0.3, 0.4) is 0 Å². The lowest BCUT2D eigenvalue weighted by atomic mass is 9.98. The number of hydrogen-bond acceptors (Lipinski definition) is 2. The minimum absolute atomic E-state index is 0. The Hall–Kier alpha value is -0.710. The summed E-state index contributed by atoms with van der Waals surface area (Å²) in [5, 5.41) is 3.61. The van der Waals surface area contributed by atoms with Gasteiger partial charge in [0.05, 0.1) is 0 Å². The maximum Gasteiger partial charge on any atom is 0.126 e. The molecule has 0 radical (unpaired) electrons. The Balaban J connectivity index is 0.00000147. The molecule has 20 heavy (non-hydrogen) atoms. The molecule has 0 aromatic heterocycles. The first-order valence-corrected chi connectivity index (χ1v) is 7.01. The molecule has 112 valence electrons. The maximum atomic E-state index is 13.2. The number of nitrogens with zero attached hydrogens (tertiary/aromatic N) is 1. The molecular formula is C15H21ClF2N2. The average Bonchev–Trinajstić information content (AvgIpc) is 2.66. The number of nitrogens with one attached hydrogen (secondary N) is 1. The Kier molecular flexibility index (Phi) is 4.99. The summed E-state index contributed by atoms with van der Waals surface area (Å²) in [6.07, 6.45) is 4.82. The van der Waals surface area contributed by atoms with Gasteiger partial charge in [-0.25, -0.2) is 8.78 Å². The molecule has 2 fully saturated rings. The van der Waals surface area contributed by atoms with Gasteiger partial charge >= 0.3 is 0 Å². The molecule has 2 nitrogen and oxygen atoms in total. The number of benzene rings is 1. The normalized spacial score (nSPS) is 28.5. The van der Waals surface area contributed by atoms with Crippen LogP contribution in [-0.2, 0) is 6.54 Å². The molecule has 2 aliphatic rings. The van der Waals surface area contributed by atoms with Crippen molar-refractivity contribution in [3.8, 4) is 0 Å². The number of rotatable bonds is 3. The SMILES string of the molecule is CN(Cc1cc(F)cc(F)c1)C1CC2CCC(C1)N2.Cl. The summed E-state index contributed by atoms with van der Waals surface area (Å²) in [6.45, 7) is 0.610. The highest BCUT2D eigenvalue weighted by atomic mass is 35.5. The van der Waals surface area contributed by atoms with Gasteiger partial charge in [0.2, 0.25) is 0 Å². The van der Waals surface area contributed by atoms with E-state index in [-0.39, 0.29) is 12.4 Å². The minimum atomic E-state index is -0.492. The van der Waals surface area contributed by atoms with Crippen molar-refractivity contribution in [3.05, 3.63) is 35.4 Å². The first kappa shape index (κ1) is 15.7. The summed E-state index contributed by atoms with van der Waals surface area (Å²) in [5.41, 5.74) is 0.714. The van der Waals surface area contributed by atoms with Crippen LogP contribution in [0, 0.1) is 11.6 Å². The number of piperidine rings is 1. The molecule has 2 saturated heterocycles. The summed E-state index contributed by atoms with van der Waals surface area (Å²) in [4.78, 5) is 2.24. The molecule has 0 spiro atoms. The third kappa shape index (κ3) is 3.48. The standard InChI is InChI=1S/C15H20F2N2.ClH/c1-19(9-10-4-11(16)6-12(17)5-10)15-7-13-2-3-14(8-15)18-13;/h4-6,13-15,18H,2-3,7-9H2,1H3;1H. The largest absolute Gasteiger partial charge is 0.311 e. The van der Waals surface area contributed by atoms with Crippen molar-refractivity contribution in [3.63, 3.8) is 0 Å². The minimum Gasteiger partial charge on any atom is -0.311 e. The quantitative estimate of drug-likeness (QED) is 0.923. The van der Waals surface area contributed by atoms with Crippen molar-refractivity contribution >= 4 is 12.4 Å². The van der Waals surface area contributed by atoms with Gasteiger partial charge in [-0.2, -0.15) is 0 Å². The highest BCUT2D eigenvalue weighted by Crippen LogP contribution is 2.29. The van der Waals surface area contributed by atoms with Crippen molar-refractivity contribution < 1.29 is 8.78 Å². The molecule has 3 rings (SSSR count). The van der Waals surface area contributed by atoms with E-state index in [9.17, 15) is 8.78 Å². The van der Waals surface area contributed by atoms with E-state index >= 15 is 0 Å². The van der Waals surface area contributed by atoms with E-state index in [0.29, 0.717) is 30.2 Å². The Bertz CT molecular complexity index is 437. The van der Waals surface area contributed by atoms with E-state index < -0.39 is 11.6 Å². The molecule has 2 unspecified atom stereocenters. The fraction of sp³-hybridized carbons (Fsp3) is 0.600. The third-order valence-corrected chi connectivity index (χ3v) is 4.43. The molecule has 2 heterocycles. The van der Waals surface area contributed by atoms with Gasteiger partial charge in [-0.15, -0.1) is 12.4 Å². The zero-order chi connectivity index (χ0) is 13.4. The molecule has 1 aromatic rings. The Morgan fingerprint density at radius 3 is 2.20 bits per heavy atom. The summed E-state index contributed by atoms with van der Waals surface area (Å²) < 4.78 is 26.4. The molecule has 5 heteroatoms. The maximum absolute atomic E-state index is 13.2. The number of hydrogen-bond donors (Lipinski definition) is 1. The Morgan fingerprint density at radius 2 is 1.65 bits per heavy atom. The monoisotopic (exact) mass is 302 g/mol. The van der Waals surface area contributed by atoms with E-state index in [1.54, 1.807) is 0 Å². The van der Waals surface area contributed by atoms with Crippen LogP contribution in [0.1, 0.15) is 31.2 Å². The van der Waals surface area contributed by atoms with Crippen molar-refractivity contribution in [2.45, 2.75) is 50.4 Å². The number of fused-ring (bicyclic) bond motifs is 2. The molecule has 0 aliphatic carbocycles. The summed E-state index contributed by atoms with van der Waals surface area (Å²) in [7, 11) is 2.05. The van der Waals surface area contributed by atoms with Gasteiger partial charge in [0.1, 0.15) is 11.6 Å². The lowest BCUT2D eigenvalue weighted by molar-refractivity contribution is 0.165. The van der Waals surface area contributed by atoms with Crippen molar-refractivity contribution in [1.82, 2.24) is 10.2 Å². The van der Waals surface area contributed by atoms with Crippen LogP contribution in [-0.4, -0.2) is 30.1 Å². The molecule has 2 aliphatic heterocycles. The second kappa shape index (κ2) is 6.37. The van der Waals surface area contributed by atoms with E-state index in [2.05, 4.69) is 17.3 Å². The first-order chi connectivity index (χ1) is 9.10. The second-order valence-corrected chi connectivity index (χ2v) is 5.96. The highest BCUT2D eigenvalue weighted by molar-refractivity contribution is 5.85.